The van der Waals surface area contributed by atoms with Crippen LogP contribution in [0, 0.1) is 5.82 Å². The molecule has 1 fully saturated rings. The molecule has 1 aromatic heterocycles. The molecule has 0 atom stereocenters. The number of likely N-dealkylation sites (tertiary alicyclic amines) is 1. The number of piperidine rings is 1. The first kappa shape index (κ1) is 22.2. The Morgan fingerprint density at radius 1 is 1.18 bits per heavy atom. The van der Waals surface area contributed by atoms with Crippen molar-refractivity contribution in [1.82, 2.24) is 4.90 Å². The summed E-state index contributed by atoms with van der Waals surface area (Å²) < 4.78 is 29.8. The van der Waals surface area contributed by atoms with E-state index >= 15 is 0 Å². The number of nitrogens with two attached hydrogens (primary N) is 1. The zero-order valence-corrected chi connectivity index (χ0v) is 16.5. The van der Waals surface area contributed by atoms with Gasteiger partial charge >= 0.3 is 0 Å². The number of carbonyl (C=O) groups excluding carboxylic acids is 1. The fraction of sp³-hybridized carbons (Fsp3) is 0.450. The highest BCUT2D eigenvalue weighted by Gasteiger charge is 2.25. The van der Waals surface area contributed by atoms with Crippen LogP contribution in [-0.4, -0.2) is 43.2 Å². The molecule has 1 aliphatic heterocycles. The van der Waals surface area contributed by atoms with Crippen LogP contribution >= 0.6 is 12.4 Å². The number of rotatable bonds is 8. The molecule has 0 spiro atoms. The molecule has 1 aromatic carbocycles. The number of halogens is 2. The van der Waals surface area contributed by atoms with Gasteiger partial charge in [-0.2, -0.15) is 0 Å². The lowest BCUT2D eigenvalue weighted by Crippen LogP contribution is -2.40. The van der Waals surface area contributed by atoms with Crippen LogP contribution in [0.3, 0.4) is 0 Å². The van der Waals surface area contributed by atoms with Gasteiger partial charge in [0, 0.05) is 19.7 Å². The van der Waals surface area contributed by atoms with Gasteiger partial charge in [0.2, 0.25) is 0 Å². The van der Waals surface area contributed by atoms with Gasteiger partial charge in [-0.15, -0.1) is 12.4 Å². The van der Waals surface area contributed by atoms with Crippen LogP contribution in [-0.2, 0) is 11.3 Å². The van der Waals surface area contributed by atoms with E-state index in [1.54, 1.807) is 29.2 Å². The van der Waals surface area contributed by atoms with Gasteiger partial charge in [-0.1, -0.05) is 0 Å². The Kier molecular flexibility index (Phi) is 8.76. The molecule has 2 N–H and O–H groups in total. The van der Waals surface area contributed by atoms with Crippen molar-refractivity contribution in [2.45, 2.75) is 32.0 Å². The van der Waals surface area contributed by atoms with E-state index in [2.05, 4.69) is 0 Å². The topological polar surface area (TPSA) is 77.9 Å². The summed E-state index contributed by atoms with van der Waals surface area (Å²) in [7, 11) is 0. The largest absolute Gasteiger partial charge is 0.486 e. The van der Waals surface area contributed by atoms with Gasteiger partial charge in [0.05, 0.1) is 6.10 Å². The maximum Gasteiger partial charge on any atom is 0.289 e. The highest BCUT2D eigenvalue weighted by atomic mass is 35.5. The summed E-state index contributed by atoms with van der Waals surface area (Å²) in [5, 5.41) is 0. The van der Waals surface area contributed by atoms with Gasteiger partial charge in [-0.25, -0.2) is 4.39 Å². The Bertz CT molecular complexity index is 730. The fourth-order valence-electron chi connectivity index (χ4n) is 2.97. The molecule has 28 heavy (non-hydrogen) atoms. The lowest BCUT2D eigenvalue weighted by Gasteiger charge is -2.31. The van der Waals surface area contributed by atoms with Gasteiger partial charge in [0.15, 0.2) is 5.76 Å². The van der Waals surface area contributed by atoms with Gasteiger partial charge in [-0.05, 0) is 62.2 Å². The van der Waals surface area contributed by atoms with Crippen molar-refractivity contribution in [3.8, 4) is 5.75 Å². The average Bonchev–Trinajstić information content (AvgIpc) is 3.17. The molecule has 0 radical (unpaired) electrons. The molecule has 0 saturated carbocycles. The van der Waals surface area contributed by atoms with E-state index in [-0.39, 0.29) is 36.8 Å². The molecule has 0 bridgehead atoms. The number of hydrogen-bond donors (Lipinski definition) is 1. The number of amides is 1. The summed E-state index contributed by atoms with van der Waals surface area (Å²) in [6.45, 7) is 2.77. The number of ether oxygens (including phenoxy) is 2. The second-order valence-corrected chi connectivity index (χ2v) is 6.51. The van der Waals surface area contributed by atoms with Gasteiger partial charge < -0.3 is 24.5 Å². The first-order valence-corrected chi connectivity index (χ1v) is 9.23. The average molecular weight is 413 g/mol. The first-order valence-electron chi connectivity index (χ1n) is 9.23. The third-order valence-electron chi connectivity index (χ3n) is 4.50. The molecular weight excluding hydrogens is 387 g/mol. The summed E-state index contributed by atoms with van der Waals surface area (Å²) in [5.74, 6) is 0.945. The lowest BCUT2D eigenvalue weighted by atomic mass is 10.1. The summed E-state index contributed by atoms with van der Waals surface area (Å²) in [6, 6.07) is 9.13. The quantitative estimate of drug-likeness (QED) is 0.672. The molecule has 2 aromatic rings. The van der Waals surface area contributed by atoms with Crippen LogP contribution in [0.2, 0.25) is 0 Å². The third-order valence-corrected chi connectivity index (χ3v) is 4.50. The zero-order chi connectivity index (χ0) is 19.1. The van der Waals surface area contributed by atoms with E-state index in [0.29, 0.717) is 43.5 Å². The highest BCUT2D eigenvalue weighted by molar-refractivity contribution is 5.91. The van der Waals surface area contributed by atoms with Crippen LogP contribution in [0.25, 0.3) is 0 Å². The molecule has 3 rings (SSSR count). The van der Waals surface area contributed by atoms with Crippen molar-refractivity contribution in [2.24, 2.45) is 5.73 Å². The maximum atomic E-state index is 12.9. The van der Waals surface area contributed by atoms with Gasteiger partial charge in [-0.3, -0.25) is 4.79 Å². The maximum absolute atomic E-state index is 12.9. The smallest absolute Gasteiger partial charge is 0.289 e. The molecule has 154 valence electrons. The van der Waals surface area contributed by atoms with Crippen LogP contribution in [0.4, 0.5) is 4.39 Å². The molecule has 0 aliphatic carbocycles. The molecule has 1 saturated heterocycles. The molecule has 8 heteroatoms. The summed E-state index contributed by atoms with van der Waals surface area (Å²) in [4.78, 5) is 14.4. The van der Waals surface area contributed by atoms with Crippen molar-refractivity contribution in [3.05, 3.63) is 53.7 Å². The highest BCUT2D eigenvalue weighted by Crippen LogP contribution is 2.19. The van der Waals surface area contributed by atoms with Crippen LogP contribution in [0.15, 0.2) is 40.8 Å². The summed E-state index contributed by atoms with van der Waals surface area (Å²) >= 11 is 0. The first-order chi connectivity index (χ1) is 13.2. The zero-order valence-electron chi connectivity index (χ0n) is 15.6. The van der Waals surface area contributed by atoms with Gasteiger partial charge in [0.1, 0.15) is 23.9 Å². The Hall–Kier alpha value is -2.09. The van der Waals surface area contributed by atoms with Crippen LogP contribution in [0.1, 0.15) is 35.6 Å². The Labute approximate surface area is 170 Å². The molecule has 6 nitrogen and oxygen atoms in total. The molecule has 0 unspecified atom stereocenters. The molecule has 1 amide bonds. The van der Waals surface area contributed by atoms with E-state index in [4.69, 9.17) is 19.6 Å². The molecule has 1 aliphatic rings. The minimum Gasteiger partial charge on any atom is -0.486 e. The van der Waals surface area contributed by atoms with E-state index < -0.39 is 0 Å². The van der Waals surface area contributed by atoms with E-state index in [1.807, 2.05) is 0 Å². The van der Waals surface area contributed by atoms with Crippen molar-refractivity contribution < 1.29 is 23.1 Å². The van der Waals surface area contributed by atoms with Gasteiger partial charge in [0.25, 0.3) is 5.91 Å². The minimum atomic E-state index is -0.318. The number of nitrogens with zero attached hydrogens (tertiary/aromatic N) is 1. The molecular formula is C20H26ClFN2O4. The number of carbonyl (C=O) groups is 1. The Balaban J connectivity index is 0.00000280. The van der Waals surface area contributed by atoms with Crippen LogP contribution < -0.4 is 10.5 Å². The number of benzene rings is 1. The fourth-order valence-corrected chi connectivity index (χ4v) is 2.97. The lowest BCUT2D eigenvalue weighted by molar-refractivity contribution is 0.00757. The second-order valence-electron chi connectivity index (χ2n) is 6.51. The Morgan fingerprint density at radius 2 is 1.89 bits per heavy atom. The predicted molar refractivity (Wildman–Crippen MR) is 105 cm³/mol. The van der Waals surface area contributed by atoms with Crippen molar-refractivity contribution in [1.29, 1.82) is 0 Å². The normalized spacial score (nSPS) is 14.6. The predicted octanol–water partition coefficient (Wildman–Crippen LogP) is 3.39. The third kappa shape index (κ3) is 6.22. The molecule has 2 heterocycles. The Morgan fingerprint density at radius 3 is 2.57 bits per heavy atom. The second kappa shape index (κ2) is 11.0. The summed E-state index contributed by atoms with van der Waals surface area (Å²) in [6.07, 6.45) is 2.68. The minimum absolute atomic E-state index is 0. The number of furan rings is 1. The van der Waals surface area contributed by atoms with E-state index in [9.17, 15) is 9.18 Å². The standard InChI is InChI=1S/C20H25FN2O4.ClH/c21-15-2-4-16(5-3-15)26-14-18-6-7-19(27-18)20(24)23-11-8-17(9-12-23)25-13-1-10-22;/h2-7,17H,1,8-14,22H2;1H. The summed E-state index contributed by atoms with van der Waals surface area (Å²) in [5.41, 5.74) is 5.47. The van der Waals surface area contributed by atoms with Crippen molar-refractivity contribution >= 4 is 18.3 Å². The monoisotopic (exact) mass is 412 g/mol. The van der Waals surface area contributed by atoms with E-state index in [0.717, 1.165) is 19.3 Å². The van der Waals surface area contributed by atoms with Crippen molar-refractivity contribution in [3.63, 3.8) is 0 Å². The van der Waals surface area contributed by atoms with Crippen molar-refractivity contribution in [2.75, 3.05) is 26.2 Å². The number of hydrogen-bond acceptors (Lipinski definition) is 5. The van der Waals surface area contributed by atoms with E-state index in [1.165, 1.54) is 12.1 Å². The van der Waals surface area contributed by atoms with Crippen LogP contribution in [0.5, 0.6) is 5.75 Å². The SMILES string of the molecule is Cl.NCCCOC1CCN(C(=O)c2ccc(COc3ccc(F)cc3)o2)CC1.